The molecule has 1 fully saturated rings. The van der Waals surface area contributed by atoms with Crippen molar-refractivity contribution in [3.63, 3.8) is 0 Å². The Labute approximate surface area is 110 Å². The summed E-state index contributed by atoms with van der Waals surface area (Å²) in [6, 6.07) is 6.40. The summed E-state index contributed by atoms with van der Waals surface area (Å²) < 4.78 is 5.94. The summed E-state index contributed by atoms with van der Waals surface area (Å²) in [5, 5.41) is 0. The van der Waals surface area contributed by atoms with Gasteiger partial charge in [-0.15, -0.1) is 6.58 Å². The van der Waals surface area contributed by atoms with E-state index in [0.29, 0.717) is 0 Å². The topological polar surface area (TPSA) is 13.7 Å². The predicted octanol–water partition coefficient (Wildman–Crippen LogP) is 1.78. The van der Waals surface area contributed by atoms with Gasteiger partial charge in [-0.2, -0.15) is 0 Å². The van der Waals surface area contributed by atoms with Crippen molar-refractivity contribution >= 4 is 0 Å². The van der Waals surface area contributed by atoms with E-state index in [0.717, 1.165) is 25.3 Å². The first-order valence-electron chi connectivity index (χ1n) is 6.96. The molecule has 0 bridgehead atoms. The molecule has 1 N–H and O–H groups in total. The van der Waals surface area contributed by atoms with Crippen LogP contribution in [0.4, 0.5) is 0 Å². The Morgan fingerprint density at radius 3 is 2.83 bits per heavy atom. The van der Waals surface area contributed by atoms with Crippen LogP contribution < -0.4 is 9.64 Å². The first-order valence-corrected chi connectivity index (χ1v) is 6.96. The largest absolute Gasteiger partial charge is 0.487 e. The molecule has 0 atom stereocenters. The highest BCUT2D eigenvalue weighted by Gasteiger charge is 2.14. The van der Waals surface area contributed by atoms with Gasteiger partial charge in [0.1, 0.15) is 18.9 Å². The zero-order valence-electron chi connectivity index (χ0n) is 11.4. The maximum absolute atomic E-state index is 5.94. The average Bonchev–Trinajstić information content (AvgIpc) is 2.85. The smallest absolute Gasteiger partial charge is 0.137 e. The van der Waals surface area contributed by atoms with Gasteiger partial charge in [-0.25, -0.2) is 0 Å². The Morgan fingerprint density at radius 2 is 2.11 bits per heavy atom. The number of aryl methyl sites for hydroxylation is 1. The minimum Gasteiger partial charge on any atom is -0.487 e. The van der Waals surface area contributed by atoms with Crippen LogP contribution in [0.25, 0.3) is 0 Å². The van der Waals surface area contributed by atoms with E-state index in [1.165, 1.54) is 37.1 Å². The van der Waals surface area contributed by atoms with E-state index in [9.17, 15) is 0 Å². The summed E-state index contributed by atoms with van der Waals surface area (Å²) >= 11 is 0. The summed E-state index contributed by atoms with van der Waals surface area (Å²) in [7, 11) is 0. The fourth-order valence-electron chi connectivity index (χ4n) is 2.59. The van der Waals surface area contributed by atoms with Gasteiger partial charge < -0.3 is 9.64 Å². The van der Waals surface area contributed by atoms with Crippen LogP contribution in [0.2, 0.25) is 0 Å². The quantitative estimate of drug-likeness (QED) is 0.755. The standard InChI is InChI=1S/C16H23NO/c1-3-6-15-13-14(2)7-8-16(15)18-12-11-17-9-4-5-10-17/h3,7-8,13H,1,4-6,9-12H2,2H3/p+1. The van der Waals surface area contributed by atoms with Crippen LogP contribution in [-0.2, 0) is 6.42 Å². The number of ether oxygens (including phenoxy) is 1. The van der Waals surface area contributed by atoms with Gasteiger partial charge in [-0.1, -0.05) is 23.8 Å². The highest BCUT2D eigenvalue weighted by atomic mass is 16.5. The molecule has 1 aromatic carbocycles. The van der Waals surface area contributed by atoms with E-state index in [1.807, 2.05) is 6.08 Å². The summed E-state index contributed by atoms with van der Waals surface area (Å²) in [6.45, 7) is 10.5. The minimum absolute atomic E-state index is 0.822. The Balaban J connectivity index is 1.88. The highest BCUT2D eigenvalue weighted by Crippen LogP contribution is 2.20. The van der Waals surface area contributed by atoms with Crippen molar-refractivity contribution in [2.45, 2.75) is 26.2 Å². The van der Waals surface area contributed by atoms with Crippen molar-refractivity contribution in [3.05, 3.63) is 42.0 Å². The van der Waals surface area contributed by atoms with Crippen LogP contribution in [0.15, 0.2) is 30.9 Å². The van der Waals surface area contributed by atoms with Crippen molar-refractivity contribution in [1.82, 2.24) is 0 Å². The summed E-state index contributed by atoms with van der Waals surface area (Å²) in [5.41, 5.74) is 2.53. The Bertz CT molecular complexity index is 394. The molecular formula is C16H24NO+. The molecule has 0 unspecified atom stereocenters. The van der Waals surface area contributed by atoms with Gasteiger partial charge >= 0.3 is 0 Å². The minimum atomic E-state index is 0.822. The number of benzene rings is 1. The second kappa shape index (κ2) is 6.60. The maximum Gasteiger partial charge on any atom is 0.137 e. The third-order valence-corrected chi connectivity index (χ3v) is 3.60. The van der Waals surface area contributed by atoms with E-state index in [-0.39, 0.29) is 0 Å². The van der Waals surface area contributed by atoms with E-state index in [1.54, 1.807) is 4.90 Å². The molecule has 1 saturated heterocycles. The second-order valence-corrected chi connectivity index (χ2v) is 5.16. The number of nitrogens with one attached hydrogen (secondary N) is 1. The van der Waals surface area contributed by atoms with Crippen LogP contribution in [0.5, 0.6) is 5.75 Å². The molecule has 0 aromatic heterocycles. The van der Waals surface area contributed by atoms with Crippen molar-refractivity contribution in [1.29, 1.82) is 0 Å². The monoisotopic (exact) mass is 246 g/mol. The van der Waals surface area contributed by atoms with Crippen molar-refractivity contribution in [2.24, 2.45) is 0 Å². The number of hydrogen-bond donors (Lipinski definition) is 1. The molecule has 2 heteroatoms. The molecule has 0 spiro atoms. The SMILES string of the molecule is C=CCc1cc(C)ccc1OCC[NH+]1CCCC1. The number of hydrogen-bond acceptors (Lipinski definition) is 1. The lowest BCUT2D eigenvalue weighted by molar-refractivity contribution is -0.887. The summed E-state index contributed by atoms with van der Waals surface area (Å²) in [5.74, 6) is 1.03. The first kappa shape index (κ1) is 13.2. The molecule has 1 aliphatic heterocycles. The van der Waals surface area contributed by atoms with Gasteiger partial charge in [0.05, 0.1) is 13.1 Å². The number of rotatable bonds is 6. The average molecular weight is 246 g/mol. The number of likely N-dealkylation sites (tertiary alicyclic amines) is 1. The molecule has 0 saturated carbocycles. The van der Waals surface area contributed by atoms with E-state index < -0.39 is 0 Å². The summed E-state index contributed by atoms with van der Waals surface area (Å²) in [4.78, 5) is 1.69. The Hall–Kier alpha value is -1.28. The zero-order chi connectivity index (χ0) is 12.8. The fraction of sp³-hybridized carbons (Fsp3) is 0.500. The molecule has 1 aliphatic rings. The first-order chi connectivity index (χ1) is 8.79. The van der Waals surface area contributed by atoms with Gasteiger partial charge in [0.15, 0.2) is 0 Å². The van der Waals surface area contributed by atoms with E-state index >= 15 is 0 Å². The lowest BCUT2D eigenvalue weighted by atomic mass is 10.1. The van der Waals surface area contributed by atoms with Crippen molar-refractivity contribution in [3.8, 4) is 5.75 Å². The van der Waals surface area contributed by atoms with Crippen LogP contribution in [0.1, 0.15) is 24.0 Å². The Kier molecular flexibility index (Phi) is 4.82. The molecule has 2 rings (SSSR count). The van der Waals surface area contributed by atoms with Gasteiger partial charge in [0.25, 0.3) is 0 Å². The van der Waals surface area contributed by atoms with Crippen LogP contribution in [0, 0.1) is 6.92 Å². The molecule has 0 aliphatic carbocycles. The zero-order valence-corrected chi connectivity index (χ0v) is 11.4. The normalized spacial score (nSPS) is 15.8. The van der Waals surface area contributed by atoms with E-state index in [4.69, 9.17) is 4.74 Å². The molecule has 98 valence electrons. The van der Waals surface area contributed by atoms with Crippen molar-refractivity contribution in [2.75, 3.05) is 26.2 Å². The molecular weight excluding hydrogens is 222 g/mol. The molecule has 2 nitrogen and oxygen atoms in total. The van der Waals surface area contributed by atoms with Crippen LogP contribution >= 0.6 is 0 Å². The van der Waals surface area contributed by atoms with Crippen LogP contribution in [-0.4, -0.2) is 26.2 Å². The molecule has 0 amide bonds. The highest BCUT2D eigenvalue weighted by molar-refractivity contribution is 5.38. The van der Waals surface area contributed by atoms with Crippen molar-refractivity contribution < 1.29 is 9.64 Å². The van der Waals surface area contributed by atoms with Crippen LogP contribution in [0.3, 0.4) is 0 Å². The molecule has 18 heavy (non-hydrogen) atoms. The number of allylic oxidation sites excluding steroid dienone is 1. The maximum atomic E-state index is 5.94. The predicted molar refractivity (Wildman–Crippen MR) is 75.4 cm³/mol. The molecule has 1 aromatic rings. The van der Waals surface area contributed by atoms with Gasteiger partial charge in [-0.3, -0.25) is 0 Å². The molecule has 1 heterocycles. The van der Waals surface area contributed by atoms with E-state index in [2.05, 4.69) is 31.7 Å². The second-order valence-electron chi connectivity index (χ2n) is 5.16. The third kappa shape index (κ3) is 3.61. The molecule has 0 radical (unpaired) electrons. The lowest BCUT2D eigenvalue weighted by Crippen LogP contribution is -3.10. The number of quaternary nitrogens is 1. The fourth-order valence-corrected chi connectivity index (χ4v) is 2.59. The van der Waals surface area contributed by atoms with Gasteiger partial charge in [0, 0.05) is 12.8 Å². The summed E-state index contributed by atoms with van der Waals surface area (Å²) in [6.07, 6.45) is 5.57. The Morgan fingerprint density at radius 1 is 1.33 bits per heavy atom. The lowest BCUT2D eigenvalue weighted by Gasteiger charge is -2.14. The van der Waals surface area contributed by atoms with Gasteiger partial charge in [-0.05, 0) is 25.0 Å². The van der Waals surface area contributed by atoms with Gasteiger partial charge in [0.2, 0.25) is 0 Å². The third-order valence-electron chi connectivity index (χ3n) is 3.60.